The van der Waals surface area contributed by atoms with Crippen molar-refractivity contribution in [3.05, 3.63) is 39.9 Å². The molecule has 0 aliphatic rings. The van der Waals surface area contributed by atoms with Crippen LogP contribution < -0.4 is 0 Å². The minimum atomic E-state index is -0.278. The van der Waals surface area contributed by atoms with Crippen LogP contribution in [0.15, 0.2) is 24.3 Å². The maximum absolute atomic E-state index is 10.9. The number of unbranched alkanes of at least 4 members (excludes halogenated alkanes) is 7. The van der Waals surface area contributed by atoms with Crippen molar-refractivity contribution in [2.45, 2.75) is 64.7 Å². The highest BCUT2D eigenvalue weighted by atomic mass is 16.6. The first-order valence-electron chi connectivity index (χ1n) is 7.48. The minimum absolute atomic E-state index is 0.269. The first-order valence-corrected chi connectivity index (χ1v) is 7.48. The Morgan fingerprint density at radius 3 is 2.16 bits per heavy atom. The normalized spacial score (nSPS) is 10.6. The van der Waals surface area contributed by atoms with Crippen molar-refractivity contribution >= 4 is 5.69 Å². The van der Waals surface area contributed by atoms with Crippen LogP contribution in [0.3, 0.4) is 0 Å². The molecule has 0 atom stereocenters. The molecule has 0 radical (unpaired) electrons. The van der Waals surface area contributed by atoms with Gasteiger partial charge in [-0.25, -0.2) is 0 Å². The van der Waals surface area contributed by atoms with Gasteiger partial charge in [-0.1, -0.05) is 70.1 Å². The Labute approximate surface area is 116 Å². The van der Waals surface area contributed by atoms with E-state index < -0.39 is 0 Å². The van der Waals surface area contributed by atoms with Gasteiger partial charge >= 0.3 is 0 Å². The van der Waals surface area contributed by atoms with E-state index in [4.69, 9.17) is 0 Å². The van der Waals surface area contributed by atoms with Gasteiger partial charge in [0.2, 0.25) is 0 Å². The molecular formula is C16H25NO2. The number of hydrogen-bond acceptors (Lipinski definition) is 2. The molecule has 1 aromatic carbocycles. The molecule has 0 aliphatic carbocycles. The number of para-hydroxylation sites is 1. The third-order valence-electron chi connectivity index (χ3n) is 3.49. The second-order valence-electron chi connectivity index (χ2n) is 5.11. The molecule has 106 valence electrons. The van der Waals surface area contributed by atoms with Crippen molar-refractivity contribution in [3.8, 4) is 0 Å². The lowest BCUT2D eigenvalue weighted by Crippen LogP contribution is -1.95. The highest BCUT2D eigenvalue weighted by molar-refractivity contribution is 5.39. The standard InChI is InChI=1S/C16H25NO2/c1-2-3-4-5-6-7-8-9-12-15-13-10-11-14-16(15)17(18)19/h10-11,13-14H,2-9,12H2,1H3. The Balaban J connectivity index is 2.17. The van der Waals surface area contributed by atoms with Crippen molar-refractivity contribution in [1.29, 1.82) is 0 Å². The van der Waals surface area contributed by atoms with Crippen LogP contribution in [-0.4, -0.2) is 4.92 Å². The molecule has 0 N–H and O–H groups in total. The van der Waals surface area contributed by atoms with E-state index in [1.165, 1.54) is 44.9 Å². The van der Waals surface area contributed by atoms with Gasteiger partial charge in [0.1, 0.15) is 0 Å². The summed E-state index contributed by atoms with van der Waals surface area (Å²) in [5.41, 5.74) is 1.14. The molecule has 3 heteroatoms. The average molecular weight is 263 g/mol. The van der Waals surface area contributed by atoms with Crippen LogP contribution >= 0.6 is 0 Å². The van der Waals surface area contributed by atoms with Gasteiger partial charge < -0.3 is 0 Å². The van der Waals surface area contributed by atoms with Crippen LogP contribution in [0.2, 0.25) is 0 Å². The number of benzene rings is 1. The van der Waals surface area contributed by atoms with Crippen LogP contribution in [-0.2, 0) is 6.42 Å². The molecule has 0 spiro atoms. The van der Waals surface area contributed by atoms with Gasteiger partial charge in [-0.2, -0.15) is 0 Å². The Kier molecular flexibility index (Phi) is 7.87. The molecule has 1 rings (SSSR count). The molecule has 0 saturated heterocycles. The van der Waals surface area contributed by atoms with Gasteiger partial charge in [0.25, 0.3) is 5.69 Å². The highest BCUT2D eigenvalue weighted by Crippen LogP contribution is 2.20. The van der Waals surface area contributed by atoms with Gasteiger partial charge in [0.15, 0.2) is 0 Å². The predicted octanol–water partition coefficient (Wildman–Crippen LogP) is 5.28. The molecule has 0 bridgehead atoms. The van der Waals surface area contributed by atoms with Gasteiger partial charge in [-0.15, -0.1) is 0 Å². The van der Waals surface area contributed by atoms with E-state index in [2.05, 4.69) is 6.92 Å². The maximum Gasteiger partial charge on any atom is 0.272 e. The summed E-state index contributed by atoms with van der Waals surface area (Å²) < 4.78 is 0. The monoisotopic (exact) mass is 263 g/mol. The van der Waals surface area contributed by atoms with Crippen molar-refractivity contribution < 1.29 is 4.92 Å². The van der Waals surface area contributed by atoms with Crippen LogP contribution in [0.1, 0.15) is 63.9 Å². The number of nitro groups is 1. The molecule has 3 nitrogen and oxygen atoms in total. The smallest absolute Gasteiger partial charge is 0.258 e. The summed E-state index contributed by atoms with van der Waals surface area (Å²) in [5.74, 6) is 0. The van der Waals surface area contributed by atoms with Crippen molar-refractivity contribution in [2.75, 3.05) is 0 Å². The fourth-order valence-corrected chi connectivity index (χ4v) is 2.35. The summed E-state index contributed by atoms with van der Waals surface area (Å²) in [7, 11) is 0. The topological polar surface area (TPSA) is 43.1 Å². The molecule has 0 fully saturated rings. The van der Waals surface area contributed by atoms with E-state index in [1.54, 1.807) is 12.1 Å². The molecular weight excluding hydrogens is 238 g/mol. The fourth-order valence-electron chi connectivity index (χ4n) is 2.35. The predicted molar refractivity (Wildman–Crippen MR) is 79.4 cm³/mol. The van der Waals surface area contributed by atoms with Crippen molar-refractivity contribution in [1.82, 2.24) is 0 Å². The zero-order valence-electron chi connectivity index (χ0n) is 11.9. The summed E-state index contributed by atoms with van der Waals surface area (Å²) in [5, 5.41) is 10.9. The van der Waals surface area contributed by atoms with Gasteiger partial charge in [0, 0.05) is 11.6 Å². The molecule has 19 heavy (non-hydrogen) atoms. The van der Waals surface area contributed by atoms with E-state index >= 15 is 0 Å². The van der Waals surface area contributed by atoms with Crippen LogP contribution in [0.25, 0.3) is 0 Å². The first-order chi connectivity index (χ1) is 9.25. The summed E-state index contributed by atoms with van der Waals surface area (Å²) in [4.78, 5) is 10.6. The molecule has 0 aromatic heterocycles. The lowest BCUT2D eigenvalue weighted by Gasteiger charge is -2.03. The summed E-state index contributed by atoms with van der Waals surface area (Å²) in [6, 6.07) is 7.09. The summed E-state index contributed by atoms with van der Waals surface area (Å²) in [6.07, 6.45) is 10.9. The number of rotatable bonds is 10. The van der Waals surface area contributed by atoms with Crippen molar-refractivity contribution in [3.63, 3.8) is 0 Å². The molecule has 0 saturated carbocycles. The summed E-state index contributed by atoms with van der Waals surface area (Å²) >= 11 is 0. The Morgan fingerprint density at radius 1 is 0.947 bits per heavy atom. The second kappa shape index (κ2) is 9.54. The van der Waals surface area contributed by atoms with E-state index in [0.29, 0.717) is 0 Å². The minimum Gasteiger partial charge on any atom is -0.258 e. The quantitative estimate of drug-likeness (QED) is 0.327. The summed E-state index contributed by atoms with van der Waals surface area (Å²) in [6.45, 7) is 2.23. The van der Waals surface area contributed by atoms with Gasteiger partial charge in [-0.3, -0.25) is 10.1 Å². The van der Waals surface area contributed by atoms with Crippen LogP contribution in [0, 0.1) is 10.1 Å². The molecule has 0 aliphatic heterocycles. The number of aryl methyl sites for hydroxylation is 1. The molecule has 0 amide bonds. The van der Waals surface area contributed by atoms with E-state index in [9.17, 15) is 10.1 Å². The number of hydrogen-bond donors (Lipinski definition) is 0. The Morgan fingerprint density at radius 2 is 1.53 bits per heavy atom. The SMILES string of the molecule is CCCCCCCCCCc1ccccc1[N+](=O)[O-]. The van der Waals surface area contributed by atoms with Crippen LogP contribution in [0.4, 0.5) is 5.69 Å². The molecule has 0 unspecified atom stereocenters. The fraction of sp³-hybridized carbons (Fsp3) is 0.625. The highest BCUT2D eigenvalue weighted by Gasteiger charge is 2.11. The Hall–Kier alpha value is -1.38. The molecule has 0 heterocycles. The lowest BCUT2D eigenvalue weighted by molar-refractivity contribution is -0.385. The van der Waals surface area contributed by atoms with E-state index in [0.717, 1.165) is 18.4 Å². The molecule has 1 aromatic rings. The van der Waals surface area contributed by atoms with E-state index in [1.807, 2.05) is 12.1 Å². The first kappa shape index (κ1) is 15.7. The lowest BCUT2D eigenvalue weighted by atomic mass is 10.0. The third kappa shape index (κ3) is 6.37. The third-order valence-corrected chi connectivity index (χ3v) is 3.49. The zero-order chi connectivity index (χ0) is 13.9. The Bertz CT molecular complexity index is 377. The average Bonchev–Trinajstić information content (AvgIpc) is 2.42. The van der Waals surface area contributed by atoms with Crippen molar-refractivity contribution in [2.24, 2.45) is 0 Å². The number of nitrogens with zero attached hydrogens (tertiary/aromatic N) is 1. The van der Waals surface area contributed by atoms with E-state index in [-0.39, 0.29) is 10.6 Å². The largest absolute Gasteiger partial charge is 0.272 e. The van der Waals surface area contributed by atoms with Crippen LogP contribution in [0.5, 0.6) is 0 Å². The van der Waals surface area contributed by atoms with Gasteiger partial charge in [-0.05, 0) is 12.8 Å². The van der Waals surface area contributed by atoms with Gasteiger partial charge in [0.05, 0.1) is 4.92 Å². The zero-order valence-corrected chi connectivity index (χ0v) is 11.9. The second-order valence-corrected chi connectivity index (χ2v) is 5.11. The maximum atomic E-state index is 10.9. The number of nitro benzene ring substituents is 1.